The second-order valence-corrected chi connectivity index (χ2v) is 4.08. The number of hydrogen-bond donors (Lipinski definition) is 0. The van der Waals surface area contributed by atoms with Gasteiger partial charge in [0.15, 0.2) is 0 Å². The average molecular weight is 203 g/mol. The molecule has 2 aliphatic rings. The van der Waals surface area contributed by atoms with E-state index in [9.17, 15) is 4.79 Å². The van der Waals surface area contributed by atoms with Crippen molar-refractivity contribution in [2.75, 3.05) is 18.1 Å². The second-order valence-electron chi connectivity index (χ2n) is 4.08. The Bertz CT molecular complexity index is 398. The molecule has 3 rings (SSSR count). The zero-order valence-electron chi connectivity index (χ0n) is 8.48. The molecule has 0 bridgehead atoms. The molecule has 1 saturated carbocycles. The lowest BCUT2D eigenvalue weighted by Gasteiger charge is -2.29. The van der Waals surface area contributed by atoms with Gasteiger partial charge >= 0.3 is 0 Å². The van der Waals surface area contributed by atoms with Crippen LogP contribution in [-0.2, 0) is 4.79 Å². The summed E-state index contributed by atoms with van der Waals surface area (Å²) in [6.07, 6.45) is 2.11. The van der Waals surface area contributed by atoms with Gasteiger partial charge < -0.3 is 9.64 Å². The van der Waals surface area contributed by atoms with Crippen molar-refractivity contribution in [2.24, 2.45) is 5.92 Å². The highest BCUT2D eigenvalue weighted by molar-refractivity contribution is 5.98. The molecule has 0 atom stereocenters. The standard InChI is InChI=1S/C12H13NO2/c14-12(9-5-6-9)13-7-8-15-11-4-2-1-3-10(11)13/h1-4,9H,5-8H2. The minimum Gasteiger partial charge on any atom is -0.490 e. The lowest BCUT2D eigenvalue weighted by molar-refractivity contribution is -0.120. The van der Waals surface area contributed by atoms with Crippen LogP contribution in [0.3, 0.4) is 0 Å². The third-order valence-corrected chi connectivity index (χ3v) is 2.92. The zero-order chi connectivity index (χ0) is 10.3. The minimum atomic E-state index is 0.269. The van der Waals surface area contributed by atoms with E-state index >= 15 is 0 Å². The van der Waals surface area contributed by atoms with Gasteiger partial charge in [-0.1, -0.05) is 12.1 Å². The quantitative estimate of drug-likeness (QED) is 0.696. The van der Waals surface area contributed by atoms with Crippen LogP contribution in [0.15, 0.2) is 24.3 Å². The van der Waals surface area contributed by atoms with Crippen LogP contribution in [0.1, 0.15) is 12.8 Å². The Morgan fingerprint density at radius 3 is 2.93 bits per heavy atom. The van der Waals surface area contributed by atoms with E-state index in [-0.39, 0.29) is 11.8 Å². The Morgan fingerprint density at radius 2 is 2.13 bits per heavy atom. The molecule has 1 amide bonds. The number of ether oxygens (including phenoxy) is 1. The molecule has 0 unspecified atom stereocenters. The summed E-state index contributed by atoms with van der Waals surface area (Å²) in [4.78, 5) is 13.9. The van der Waals surface area contributed by atoms with Gasteiger partial charge in [-0.25, -0.2) is 0 Å². The van der Waals surface area contributed by atoms with E-state index in [4.69, 9.17) is 4.74 Å². The van der Waals surface area contributed by atoms with Gasteiger partial charge in [0.25, 0.3) is 0 Å². The maximum absolute atomic E-state index is 12.0. The minimum absolute atomic E-state index is 0.269. The van der Waals surface area contributed by atoms with Crippen LogP contribution >= 0.6 is 0 Å². The summed E-state index contributed by atoms with van der Waals surface area (Å²) in [6, 6.07) is 7.75. The Kier molecular flexibility index (Phi) is 1.91. The number of nitrogens with zero attached hydrogens (tertiary/aromatic N) is 1. The maximum atomic E-state index is 12.0. The van der Waals surface area contributed by atoms with Crippen LogP contribution in [0.5, 0.6) is 5.75 Å². The molecule has 3 nitrogen and oxygen atoms in total. The highest BCUT2D eigenvalue weighted by Crippen LogP contribution is 2.37. The molecular weight excluding hydrogens is 190 g/mol. The predicted octanol–water partition coefficient (Wildman–Crippen LogP) is 1.82. The van der Waals surface area contributed by atoms with Crippen molar-refractivity contribution in [2.45, 2.75) is 12.8 Å². The van der Waals surface area contributed by atoms with Crippen molar-refractivity contribution in [1.29, 1.82) is 0 Å². The van der Waals surface area contributed by atoms with Crippen molar-refractivity contribution >= 4 is 11.6 Å². The molecule has 15 heavy (non-hydrogen) atoms. The Labute approximate surface area is 88.6 Å². The van der Waals surface area contributed by atoms with E-state index in [0.29, 0.717) is 13.2 Å². The first-order valence-electron chi connectivity index (χ1n) is 5.39. The maximum Gasteiger partial charge on any atom is 0.230 e. The van der Waals surface area contributed by atoms with E-state index in [0.717, 1.165) is 24.3 Å². The van der Waals surface area contributed by atoms with Gasteiger partial charge in [-0.2, -0.15) is 0 Å². The Hall–Kier alpha value is -1.51. The molecule has 1 aromatic rings. The van der Waals surface area contributed by atoms with Gasteiger partial charge in [0.1, 0.15) is 12.4 Å². The Balaban J connectivity index is 1.94. The van der Waals surface area contributed by atoms with Crippen LogP contribution in [0.25, 0.3) is 0 Å². The van der Waals surface area contributed by atoms with Crippen LogP contribution in [0.4, 0.5) is 5.69 Å². The largest absolute Gasteiger partial charge is 0.490 e. The molecule has 0 aromatic heterocycles. The summed E-state index contributed by atoms with van der Waals surface area (Å²) in [7, 11) is 0. The molecule has 1 aromatic carbocycles. The van der Waals surface area contributed by atoms with Crippen LogP contribution in [0.2, 0.25) is 0 Å². The van der Waals surface area contributed by atoms with Gasteiger partial charge in [-0.05, 0) is 25.0 Å². The SMILES string of the molecule is O=C(C1CC1)N1CCOc2ccccc21. The molecule has 1 fully saturated rings. The van der Waals surface area contributed by atoms with E-state index in [1.54, 1.807) is 0 Å². The summed E-state index contributed by atoms with van der Waals surface area (Å²) >= 11 is 0. The fourth-order valence-electron chi connectivity index (χ4n) is 1.95. The van der Waals surface area contributed by atoms with Crippen molar-refractivity contribution in [1.82, 2.24) is 0 Å². The summed E-state index contributed by atoms with van der Waals surface area (Å²) in [5, 5.41) is 0. The molecule has 0 spiro atoms. The van der Waals surface area contributed by atoms with Crippen LogP contribution < -0.4 is 9.64 Å². The smallest absolute Gasteiger partial charge is 0.230 e. The fraction of sp³-hybridized carbons (Fsp3) is 0.417. The van der Waals surface area contributed by atoms with Gasteiger partial charge in [0.05, 0.1) is 12.2 Å². The average Bonchev–Trinajstić information content (AvgIpc) is 3.11. The molecule has 3 heteroatoms. The molecule has 0 N–H and O–H groups in total. The normalized spacial score (nSPS) is 19.3. The van der Waals surface area contributed by atoms with E-state index in [2.05, 4.69) is 0 Å². The number of para-hydroxylation sites is 2. The topological polar surface area (TPSA) is 29.5 Å². The van der Waals surface area contributed by atoms with E-state index in [1.807, 2.05) is 29.2 Å². The van der Waals surface area contributed by atoms with Gasteiger partial charge in [0, 0.05) is 5.92 Å². The third kappa shape index (κ3) is 1.48. The summed E-state index contributed by atoms with van der Waals surface area (Å²) in [5.74, 6) is 1.37. The zero-order valence-corrected chi connectivity index (χ0v) is 8.48. The highest BCUT2D eigenvalue weighted by atomic mass is 16.5. The number of fused-ring (bicyclic) bond motifs is 1. The monoisotopic (exact) mass is 203 g/mol. The fourth-order valence-corrected chi connectivity index (χ4v) is 1.95. The highest BCUT2D eigenvalue weighted by Gasteiger charge is 2.35. The van der Waals surface area contributed by atoms with E-state index < -0.39 is 0 Å². The first-order valence-corrected chi connectivity index (χ1v) is 5.39. The molecule has 0 saturated heterocycles. The van der Waals surface area contributed by atoms with Crippen molar-refractivity contribution in [3.05, 3.63) is 24.3 Å². The van der Waals surface area contributed by atoms with Gasteiger partial charge in [-0.3, -0.25) is 4.79 Å². The van der Waals surface area contributed by atoms with Crippen LogP contribution in [0, 0.1) is 5.92 Å². The van der Waals surface area contributed by atoms with Crippen LogP contribution in [-0.4, -0.2) is 19.1 Å². The molecule has 0 radical (unpaired) electrons. The van der Waals surface area contributed by atoms with Crippen molar-refractivity contribution in [3.8, 4) is 5.75 Å². The Morgan fingerprint density at radius 1 is 1.33 bits per heavy atom. The first kappa shape index (κ1) is 8.77. The molecular formula is C12H13NO2. The van der Waals surface area contributed by atoms with Crippen molar-refractivity contribution < 1.29 is 9.53 Å². The number of benzene rings is 1. The van der Waals surface area contributed by atoms with E-state index in [1.165, 1.54) is 0 Å². The molecule has 1 heterocycles. The molecule has 1 aliphatic carbocycles. The lowest BCUT2D eigenvalue weighted by Crippen LogP contribution is -2.38. The van der Waals surface area contributed by atoms with Gasteiger partial charge in [0.2, 0.25) is 5.91 Å². The summed E-state index contributed by atoms with van der Waals surface area (Å²) in [6.45, 7) is 1.29. The molecule has 78 valence electrons. The summed E-state index contributed by atoms with van der Waals surface area (Å²) < 4.78 is 5.51. The summed E-state index contributed by atoms with van der Waals surface area (Å²) in [5.41, 5.74) is 0.931. The number of rotatable bonds is 1. The predicted molar refractivity (Wildman–Crippen MR) is 57.0 cm³/mol. The number of anilines is 1. The van der Waals surface area contributed by atoms with Crippen molar-refractivity contribution in [3.63, 3.8) is 0 Å². The first-order chi connectivity index (χ1) is 7.36. The second kappa shape index (κ2) is 3.26. The number of carbonyl (C=O) groups excluding carboxylic acids is 1. The number of hydrogen-bond acceptors (Lipinski definition) is 2. The number of carbonyl (C=O) groups is 1. The molecule has 1 aliphatic heterocycles. The van der Waals surface area contributed by atoms with Gasteiger partial charge in [-0.15, -0.1) is 0 Å². The number of amides is 1. The lowest BCUT2D eigenvalue weighted by atomic mass is 10.2. The third-order valence-electron chi connectivity index (χ3n) is 2.92.